The van der Waals surface area contributed by atoms with Crippen molar-refractivity contribution in [2.75, 3.05) is 5.75 Å². The number of benzene rings is 1. The third-order valence-electron chi connectivity index (χ3n) is 4.73. The summed E-state index contributed by atoms with van der Waals surface area (Å²) in [6.07, 6.45) is 7.01. The maximum Gasteiger partial charge on any atom is 0.230 e. The number of ether oxygens (including phenoxy) is 1. The summed E-state index contributed by atoms with van der Waals surface area (Å²) >= 11 is 7.30. The molecular weight excluding hydrogens is 403 g/mol. The molecule has 1 aliphatic rings. The van der Waals surface area contributed by atoms with E-state index >= 15 is 0 Å². The number of rotatable bonds is 7. The fourth-order valence-corrected chi connectivity index (χ4v) is 4.12. The van der Waals surface area contributed by atoms with E-state index in [1.54, 1.807) is 4.57 Å². The number of thioether (sulfide) groups is 1. The summed E-state index contributed by atoms with van der Waals surface area (Å²) in [5.74, 6) is 0.871. The highest BCUT2D eigenvalue weighted by Crippen LogP contribution is 2.26. The number of hydrogen-bond donors (Lipinski definition) is 1. The Balaban J connectivity index is 1.49. The second-order valence-electron chi connectivity index (χ2n) is 6.87. The van der Waals surface area contributed by atoms with Crippen molar-refractivity contribution in [3.05, 3.63) is 34.9 Å². The molecule has 0 radical (unpaired) electrons. The van der Waals surface area contributed by atoms with Gasteiger partial charge in [-0.3, -0.25) is 4.79 Å². The lowest BCUT2D eigenvalue weighted by Gasteiger charge is -2.15. The Morgan fingerprint density at radius 2 is 2.07 bits per heavy atom. The van der Waals surface area contributed by atoms with Gasteiger partial charge in [0.2, 0.25) is 5.91 Å². The zero-order valence-electron chi connectivity index (χ0n) is 15.8. The predicted molar refractivity (Wildman–Crippen MR) is 107 cm³/mol. The first-order valence-electron chi connectivity index (χ1n) is 9.41. The van der Waals surface area contributed by atoms with Crippen molar-refractivity contribution in [2.24, 2.45) is 7.05 Å². The van der Waals surface area contributed by atoms with Crippen LogP contribution >= 0.6 is 23.4 Å². The maximum absolute atomic E-state index is 13.1. The van der Waals surface area contributed by atoms with E-state index in [1.807, 2.05) is 7.05 Å². The molecule has 2 aromatic rings. The quantitative estimate of drug-likeness (QED) is 0.532. The largest absolute Gasteiger partial charge is 0.484 e. The number of hydrogen-bond acceptors (Lipinski definition) is 5. The van der Waals surface area contributed by atoms with E-state index in [-0.39, 0.29) is 17.5 Å². The van der Waals surface area contributed by atoms with Crippen LogP contribution in [0.2, 0.25) is 5.02 Å². The SMILES string of the molecule is Cn1c(COc2ccc(F)cc2Cl)nnc1SCC(=O)NC1CCCCCC1. The van der Waals surface area contributed by atoms with Crippen LogP contribution in [-0.4, -0.2) is 32.5 Å². The van der Waals surface area contributed by atoms with Gasteiger partial charge < -0.3 is 14.6 Å². The topological polar surface area (TPSA) is 69.0 Å². The van der Waals surface area contributed by atoms with Gasteiger partial charge in [0.05, 0.1) is 10.8 Å². The van der Waals surface area contributed by atoms with Gasteiger partial charge in [0.1, 0.15) is 18.2 Å². The minimum atomic E-state index is -0.420. The lowest BCUT2D eigenvalue weighted by Crippen LogP contribution is -2.35. The Morgan fingerprint density at radius 3 is 2.79 bits per heavy atom. The van der Waals surface area contributed by atoms with Gasteiger partial charge in [-0.1, -0.05) is 49.0 Å². The summed E-state index contributed by atoms with van der Waals surface area (Å²) in [6, 6.07) is 4.24. The van der Waals surface area contributed by atoms with Gasteiger partial charge in [0.15, 0.2) is 11.0 Å². The van der Waals surface area contributed by atoms with Crippen molar-refractivity contribution in [2.45, 2.75) is 56.3 Å². The molecule has 1 amide bonds. The van der Waals surface area contributed by atoms with Gasteiger partial charge in [0, 0.05) is 13.1 Å². The fourth-order valence-electron chi connectivity index (χ4n) is 3.15. The number of carbonyl (C=O) groups is 1. The van der Waals surface area contributed by atoms with Crippen LogP contribution in [0.3, 0.4) is 0 Å². The third-order valence-corrected chi connectivity index (χ3v) is 6.04. The van der Waals surface area contributed by atoms with E-state index in [0.29, 0.717) is 28.5 Å². The molecule has 6 nitrogen and oxygen atoms in total. The lowest BCUT2D eigenvalue weighted by molar-refractivity contribution is -0.119. The summed E-state index contributed by atoms with van der Waals surface area (Å²) in [4.78, 5) is 12.2. The van der Waals surface area contributed by atoms with Crippen LogP contribution < -0.4 is 10.1 Å². The summed E-state index contributed by atoms with van der Waals surface area (Å²) in [5.41, 5.74) is 0. The van der Waals surface area contributed by atoms with Crippen molar-refractivity contribution >= 4 is 29.3 Å². The molecule has 1 saturated carbocycles. The highest BCUT2D eigenvalue weighted by Gasteiger charge is 2.17. The molecule has 9 heteroatoms. The Morgan fingerprint density at radius 1 is 1.32 bits per heavy atom. The molecule has 0 spiro atoms. The molecular formula is C19H24ClFN4O2S. The van der Waals surface area contributed by atoms with Gasteiger partial charge >= 0.3 is 0 Å². The number of amides is 1. The van der Waals surface area contributed by atoms with Crippen LogP contribution in [0, 0.1) is 5.82 Å². The minimum absolute atomic E-state index is 0.0239. The minimum Gasteiger partial charge on any atom is -0.484 e. The normalized spacial score (nSPS) is 15.2. The predicted octanol–water partition coefficient (Wildman–Crippen LogP) is 4.12. The van der Waals surface area contributed by atoms with Gasteiger partial charge in [-0.15, -0.1) is 10.2 Å². The smallest absolute Gasteiger partial charge is 0.230 e. The number of carbonyl (C=O) groups excluding carboxylic acids is 1. The van der Waals surface area contributed by atoms with Crippen molar-refractivity contribution in [1.29, 1.82) is 0 Å². The van der Waals surface area contributed by atoms with Crippen LogP contribution in [-0.2, 0) is 18.4 Å². The molecule has 0 bridgehead atoms. The van der Waals surface area contributed by atoms with Gasteiger partial charge in [0.25, 0.3) is 0 Å². The Kier molecular flexibility index (Phi) is 7.56. The summed E-state index contributed by atoms with van der Waals surface area (Å²) in [6.45, 7) is 0.143. The van der Waals surface area contributed by atoms with Crippen molar-refractivity contribution in [3.8, 4) is 5.75 Å². The molecule has 0 unspecified atom stereocenters. The molecule has 1 aliphatic carbocycles. The monoisotopic (exact) mass is 426 g/mol. The highest BCUT2D eigenvalue weighted by atomic mass is 35.5. The van der Waals surface area contributed by atoms with Crippen LogP contribution in [0.5, 0.6) is 5.75 Å². The molecule has 3 rings (SSSR count). The molecule has 0 saturated heterocycles. The first-order chi connectivity index (χ1) is 13.5. The fraction of sp³-hybridized carbons (Fsp3) is 0.526. The average Bonchev–Trinajstić information content (AvgIpc) is 2.84. The second-order valence-corrected chi connectivity index (χ2v) is 8.22. The Hall–Kier alpha value is -1.80. The van der Waals surface area contributed by atoms with E-state index in [9.17, 15) is 9.18 Å². The zero-order chi connectivity index (χ0) is 19.9. The molecule has 0 aliphatic heterocycles. The molecule has 1 heterocycles. The lowest BCUT2D eigenvalue weighted by atomic mass is 10.1. The van der Waals surface area contributed by atoms with E-state index < -0.39 is 5.82 Å². The molecule has 1 aromatic heterocycles. The Bertz CT molecular complexity index is 809. The molecule has 152 valence electrons. The van der Waals surface area contributed by atoms with Crippen molar-refractivity contribution in [3.63, 3.8) is 0 Å². The summed E-state index contributed by atoms with van der Waals surface area (Å²) in [7, 11) is 1.82. The molecule has 28 heavy (non-hydrogen) atoms. The molecule has 0 atom stereocenters. The first kappa shape index (κ1) is 20.9. The van der Waals surface area contributed by atoms with Gasteiger partial charge in [-0.25, -0.2) is 4.39 Å². The second kappa shape index (κ2) is 10.1. The highest BCUT2D eigenvalue weighted by molar-refractivity contribution is 7.99. The van der Waals surface area contributed by atoms with Crippen molar-refractivity contribution < 1.29 is 13.9 Å². The van der Waals surface area contributed by atoms with Gasteiger partial charge in [-0.05, 0) is 31.0 Å². The van der Waals surface area contributed by atoms with Crippen LogP contribution in [0.15, 0.2) is 23.4 Å². The standard InChI is InChI=1S/C19H24ClFN4O2S/c1-25-17(11-27-16-9-8-13(21)10-15(16)20)23-24-19(25)28-12-18(26)22-14-6-4-2-3-5-7-14/h8-10,14H,2-7,11-12H2,1H3,(H,22,26). The van der Waals surface area contributed by atoms with Crippen LogP contribution in [0.1, 0.15) is 44.3 Å². The molecule has 1 fully saturated rings. The van der Waals surface area contributed by atoms with E-state index in [2.05, 4.69) is 15.5 Å². The van der Waals surface area contributed by atoms with E-state index in [4.69, 9.17) is 16.3 Å². The average molecular weight is 427 g/mol. The summed E-state index contributed by atoms with van der Waals surface area (Å²) < 4.78 is 20.5. The van der Waals surface area contributed by atoms with Crippen LogP contribution in [0.4, 0.5) is 4.39 Å². The zero-order valence-corrected chi connectivity index (χ0v) is 17.4. The third kappa shape index (κ3) is 5.85. The maximum atomic E-state index is 13.1. The summed E-state index contributed by atoms with van der Waals surface area (Å²) in [5, 5.41) is 12.2. The first-order valence-corrected chi connectivity index (χ1v) is 10.8. The van der Waals surface area contributed by atoms with Crippen LogP contribution in [0.25, 0.3) is 0 Å². The Labute approximate surface area is 173 Å². The number of nitrogens with zero attached hydrogens (tertiary/aromatic N) is 3. The molecule has 1 aromatic carbocycles. The van der Waals surface area contributed by atoms with E-state index in [1.165, 1.54) is 55.6 Å². The molecule has 1 N–H and O–H groups in total. The van der Waals surface area contributed by atoms with Gasteiger partial charge in [-0.2, -0.15) is 0 Å². The number of nitrogens with one attached hydrogen (secondary N) is 1. The number of aromatic nitrogens is 3. The number of halogens is 2. The van der Waals surface area contributed by atoms with Crippen molar-refractivity contribution in [1.82, 2.24) is 20.1 Å². The van der Waals surface area contributed by atoms with E-state index in [0.717, 1.165) is 12.8 Å².